The van der Waals surface area contributed by atoms with Crippen molar-refractivity contribution in [3.8, 4) is 0 Å². The van der Waals surface area contributed by atoms with Crippen molar-refractivity contribution in [1.29, 1.82) is 0 Å². The summed E-state index contributed by atoms with van der Waals surface area (Å²) >= 11 is 0. The molecule has 23 nitrogen and oxygen atoms in total. The number of nitrogens with zero attached hydrogens (tertiary/aromatic N) is 2. The van der Waals surface area contributed by atoms with Gasteiger partial charge in [0.15, 0.2) is 11.9 Å². The van der Waals surface area contributed by atoms with Crippen molar-refractivity contribution < 1.29 is 33.9 Å². The highest BCUT2D eigenvalue weighted by molar-refractivity contribution is 5.97. The number of fused-ring (bicyclic) bond motifs is 2. The first-order valence-electron chi connectivity index (χ1n) is 23.2. The second-order valence-corrected chi connectivity index (χ2v) is 16.8. The van der Waals surface area contributed by atoms with Crippen LogP contribution in [-0.2, 0) is 41.6 Å². The summed E-state index contributed by atoms with van der Waals surface area (Å²) < 4.78 is 0. The van der Waals surface area contributed by atoms with E-state index in [9.17, 15) is 33.9 Å². The molecule has 2 heterocycles. The van der Waals surface area contributed by atoms with Gasteiger partial charge >= 0.3 is 5.97 Å². The van der Waals surface area contributed by atoms with E-state index in [1.54, 1.807) is 12.4 Å². The van der Waals surface area contributed by atoms with Crippen LogP contribution in [0.5, 0.6) is 0 Å². The molecule has 69 heavy (non-hydrogen) atoms. The number of hydrogen-bond acceptors (Lipinski definition) is 11. The van der Waals surface area contributed by atoms with Crippen molar-refractivity contribution in [1.82, 2.24) is 36.6 Å². The minimum absolute atomic E-state index is 0.0432. The third kappa shape index (κ3) is 17.7. The fraction of sp³-hybridized carbons (Fsp3) is 0.478. The topological polar surface area (TPSA) is 421 Å². The predicted octanol–water partition coefficient (Wildman–Crippen LogP) is -1.36. The molecule has 0 spiro atoms. The molecule has 4 rings (SSSR count). The molecule has 0 aliphatic rings. The molecule has 6 atom stereocenters. The number of H-pyrrole nitrogens is 2. The van der Waals surface area contributed by atoms with Crippen molar-refractivity contribution >= 4 is 69.2 Å². The van der Waals surface area contributed by atoms with E-state index in [1.807, 2.05) is 48.5 Å². The maximum absolute atomic E-state index is 14.4. The standard InChI is InChI=1S/C46H70N16O7/c47-19-7-5-16-34(59-41(65)36(18-10-22-55-46(52)53)58-39(63)31(49)13-9-21-54-45(50)51)40(64)60-35(17-6-8-20-48)42(66)61-37(23-27-25-56-32-14-3-1-11-29(27)32)43(67)62-38(44(68)69)24-28-26-57-33-15-4-2-12-30(28)33/h1-4,11-12,14-15,25-26,31,34-38,56-57H,5-10,13,16-24,47-49H2,(H,58,63)(H,59,65)(H,60,64)(H,61,66)(H,62,67)(H,68,69)(H4,50,51,54)(H4,52,53,55)/t31-,34-,35-,36-,37-,38-/m0/s1. The predicted molar refractivity (Wildman–Crippen MR) is 265 cm³/mol. The van der Waals surface area contributed by atoms with Crippen LogP contribution in [0.4, 0.5) is 0 Å². The summed E-state index contributed by atoms with van der Waals surface area (Å²) in [6, 6.07) is 7.47. The quantitative estimate of drug-likeness (QED) is 0.0157. The van der Waals surface area contributed by atoms with E-state index in [0.717, 1.165) is 21.8 Å². The van der Waals surface area contributed by atoms with Gasteiger partial charge in [-0.1, -0.05) is 36.4 Å². The highest BCUT2D eigenvalue weighted by Gasteiger charge is 2.33. The van der Waals surface area contributed by atoms with Crippen molar-refractivity contribution in [3.63, 3.8) is 0 Å². The van der Waals surface area contributed by atoms with E-state index in [1.165, 1.54) is 0 Å². The van der Waals surface area contributed by atoms with Crippen molar-refractivity contribution in [2.45, 2.75) is 113 Å². The van der Waals surface area contributed by atoms with Crippen molar-refractivity contribution in [2.24, 2.45) is 50.1 Å². The first-order chi connectivity index (χ1) is 33.1. The fourth-order valence-corrected chi connectivity index (χ4v) is 7.76. The lowest BCUT2D eigenvalue weighted by atomic mass is 10.0. The second kappa shape index (κ2) is 28.2. The second-order valence-electron chi connectivity index (χ2n) is 16.8. The number of amides is 5. The summed E-state index contributed by atoms with van der Waals surface area (Å²) in [4.78, 5) is 97.1. The van der Waals surface area contributed by atoms with E-state index in [0.29, 0.717) is 56.3 Å². The van der Waals surface area contributed by atoms with Gasteiger partial charge in [-0.3, -0.25) is 34.0 Å². The van der Waals surface area contributed by atoms with Crippen LogP contribution in [-0.4, -0.2) is 125 Å². The molecule has 22 N–H and O–H groups in total. The van der Waals surface area contributed by atoms with Gasteiger partial charge < -0.3 is 81.8 Å². The first kappa shape index (κ1) is 54.4. The van der Waals surface area contributed by atoms with E-state index in [4.69, 9.17) is 40.1 Å². The largest absolute Gasteiger partial charge is 0.480 e. The van der Waals surface area contributed by atoms with Crippen LogP contribution in [0.1, 0.15) is 75.3 Å². The lowest BCUT2D eigenvalue weighted by Gasteiger charge is -2.27. The molecule has 0 bridgehead atoms. The van der Waals surface area contributed by atoms with Crippen LogP contribution in [0, 0.1) is 0 Å². The summed E-state index contributed by atoms with van der Waals surface area (Å²) in [6.45, 7) is 0.995. The number of unbranched alkanes of at least 4 members (excludes halogenated alkanes) is 2. The number of guanidine groups is 2. The van der Waals surface area contributed by atoms with Crippen LogP contribution in [0.15, 0.2) is 70.9 Å². The van der Waals surface area contributed by atoms with Gasteiger partial charge in [0.25, 0.3) is 0 Å². The van der Waals surface area contributed by atoms with Gasteiger partial charge in [-0.15, -0.1) is 0 Å². The Morgan fingerprint density at radius 1 is 0.507 bits per heavy atom. The van der Waals surface area contributed by atoms with Gasteiger partial charge in [0.05, 0.1) is 6.04 Å². The van der Waals surface area contributed by atoms with Crippen molar-refractivity contribution in [2.75, 3.05) is 26.2 Å². The van der Waals surface area contributed by atoms with Crippen LogP contribution in [0.3, 0.4) is 0 Å². The summed E-state index contributed by atoms with van der Waals surface area (Å²) in [5.74, 6) is -5.06. The molecule has 23 heteroatoms. The lowest BCUT2D eigenvalue weighted by Crippen LogP contribution is -2.59. The summed E-state index contributed by atoms with van der Waals surface area (Å²) in [7, 11) is 0. The zero-order valence-corrected chi connectivity index (χ0v) is 38.9. The average molecular weight is 959 g/mol. The number of nitrogens with one attached hydrogen (secondary N) is 7. The van der Waals surface area contributed by atoms with Gasteiger partial charge in [-0.2, -0.15) is 0 Å². The number of carboxylic acid groups (broad SMARTS) is 1. The number of hydrogen-bond donors (Lipinski definition) is 15. The van der Waals surface area contributed by atoms with Crippen LogP contribution in [0.2, 0.25) is 0 Å². The van der Waals surface area contributed by atoms with Gasteiger partial charge in [0.1, 0.15) is 30.2 Å². The van der Waals surface area contributed by atoms with Gasteiger partial charge in [-0.05, 0) is 101 Å². The summed E-state index contributed by atoms with van der Waals surface area (Å²) in [6.07, 6.45) is 6.29. The molecule has 0 saturated carbocycles. The highest BCUT2D eigenvalue weighted by atomic mass is 16.4. The Bertz CT molecular complexity index is 2370. The van der Waals surface area contributed by atoms with E-state index in [-0.39, 0.29) is 70.0 Å². The normalized spacial score (nSPS) is 13.8. The smallest absolute Gasteiger partial charge is 0.326 e. The SMILES string of the molecule is NCCCC[C@H](NC(=O)[C@H](CCCCN)NC(=O)[C@H](CCCN=C(N)N)NC(=O)[C@@H](N)CCCN=C(N)N)C(=O)N[C@@H](Cc1c[nH]c2ccccc12)C(=O)N[C@@H](Cc1c[nH]c2ccccc12)C(=O)O. The number of carboxylic acids is 1. The molecule has 0 unspecified atom stereocenters. The average Bonchev–Trinajstić information content (AvgIpc) is 3.93. The number of carbonyl (C=O) groups is 6. The lowest BCUT2D eigenvalue weighted by molar-refractivity contribution is -0.142. The molecular formula is C46H70N16O7. The number of aromatic nitrogens is 2. The van der Waals surface area contributed by atoms with Crippen molar-refractivity contribution in [3.05, 3.63) is 72.1 Å². The monoisotopic (exact) mass is 959 g/mol. The molecule has 2 aromatic carbocycles. The first-order valence-corrected chi connectivity index (χ1v) is 23.2. The van der Waals surface area contributed by atoms with Crippen LogP contribution >= 0.6 is 0 Å². The Morgan fingerprint density at radius 3 is 1.33 bits per heavy atom. The Kier molecular flexibility index (Phi) is 22.2. The van der Waals surface area contributed by atoms with Gasteiger partial charge in [0, 0.05) is 60.1 Å². The number of aliphatic carboxylic acids is 1. The number of para-hydroxylation sites is 2. The number of nitrogens with two attached hydrogens (primary N) is 7. The Labute approximate surface area is 400 Å². The third-order valence-electron chi connectivity index (χ3n) is 11.5. The number of carbonyl (C=O) groups excluding carboxylic acids is 5. The molecule has 376 valence electrons. The number of aromatic amines is 2. The van der Waals surface area contributed by atoms with E-state index in [2.05, 4.69) is 46.5 Å². The van der Waals surface area contributed by atoms with Crippen LogP contribution < -0.4 is 66.7 Å². The Balaban J connectivity index is 1.58. The van der Waals surface area contributed by atoms with Crippen LogP contribution in [0.25, 0.3) is 21.8 Å². The minimum atomic E-state index is -1.37. The molecule has 0 aliphatic heterocycles. The van der Waals surface area contributed by atoms with E-state index < -0.39 is 71.8 Å². The number of aliphatic imine (C=N–C) groups is 2. The van der Waals surface area contributed by atoms with Gasteiger partial charge in [-0.25, -0.2) is 4.79 Å². The zero-order valence-electron chi connectivity index (χ0n) is 38.9. The molecule has 4 aromatic rings. The maximum atomic E-state index is 14.4. The number of rotatable bonds is 31. The molecule has 0 radical (unpaired) electrons. The Morgan fingerprint density at radius 2 is 0.884 bits per heavy atom. The molecule has 0 aliphatic carbocycles. The maximum Gasteiger partial charge on any atom is 0.326 e. The highest BCUT2D eigenvalue weighted by Crippen LogP contribution is 2.21. The molecular weight excluding hydrogens is 889 g/mol. The number of benzene rings is 2. The zero-order chi connectivity index (χ0) is 50.3. The Hall–Kier alpha value is -7.24. The minimum Gasteiger partial charge on any atom is -0.480 e. The van der Waals surface area contributed by atoms with Gasteiger partial charge in [0.2, 0.25) is 29.5 Å². The molecule has 0 saturated heterocycles. The molecule has 5 amide bonds. The molecule has 0 fully saturated rings. The fourth-order valence-electron chi connectivity index (χ4n) is 7.76. The third-order valence-corrected chi connectivity index (χ3v) is 11.5. The molecule has 2 aromatic heterocycles. The van der Waals surface area contributed by atoms with E-state index >= 15 is 0 Å². The summed E-state index contributed by atoms with van der Waals surface area (Å²) in [5.41, 5.74) is 42.4. The summed E-state index contributed by atoms with van der Waals surface area (Å²) in [5, 5.41) is 25.6.